The largest absolute Gasteiger partial charge is 0.302 e. The van der Waals surface area contributed by atoms with E-state index in [1.807, 2.05) is 29.6 Å². The number of hydrogen-bond donors (Lipinski definition) is 1. The molecule has 0 bridgehead atoms. The number of aromatic nitrogens is 2. The highest BCUT2D eigenvalue weighted by Crippen LogP contribution is 2.24. The molecule has 3 rings (SSSR count). The Hall–Kier alpha value is -2.53. The molecule has 0 atom stereocenters. The van der Waals surface area contributed by atoms with E-state index in [1.165, 1.54) is 22.5 Å². The van der Waals surface area contributed by atoms with Crippen LogP contribution in [0.1, 0.15) is 17.5 Å². The molecule has 23 heavy (non-hydrogen) atoms. The lowest BCUT2D eigenvalue weighted by Crippen LogP contribution is -2.12. The maximum Gasteiger partial charge on any atom is 0.226 e. The summed E-state index contributed by atoms with van der Waals surface area (Å²) in [6, 6.07) is 12.0. The molecule has 1 amide bonds. The topological polar surface area (TPSA) is 54.9 Å². The van der Waals surface area contributed by atoms with E-state index in [0.717, 1.165) is 17.7 Å². The van der Waals surface area contributed by atoms with Crippen LogP contribution in [0.2, 0.25) is 0 Å². The zero-order chi connectivity index (χ0) is 16.1. The maximum absolute atomic E-state index is 12.1. The first-order valence-corrected chi connectivity index (χ1v) is 8.30. The molecule has 0 saturated carbocycles. The summed E-state index contributed by atoms with van der Waals surface area (Å²) in [6.07, 6.45) is 4.65. The molecular weight excluding hydrogens is 306 g/mol. The van der Waals surface area contributed by atoms with Crippen LogP contribution in [-0.4, -0.2) is 15.9 Å². The molecule has 0 spiro atoms. The van der Waals surface area contributed by atoms with Gasteiger partial charge in [0.1, 0.15) is 0 Å². The minimum Gasteiger partial charge on any atom is -0.302 e. The van der Waals surface area contributed by atoms with Crippen LogP contribution < -0.4 is 5.32 Å². The number of nitrogens with one attached hydrogen (secondary N) is 1. The second-order valence-electron chi connectivity index (χ2n) is 5.31. The number of carbonyl (C=O) groups excluding carboxylic acids is 1. The fraction of sp³-hybridized carbons (Fsp3) is 0.167. The quantitative estimate of drug-likeness (QED) is 0.769. The van der Waals surface area contributed by atoms with E-state index < -0.39 is 0 Å². The molecule has 0 unspecified atom stereocenters. The van der Waals surface area contributed by atoms with Gasteiger partial charge in [0.15, 0.2) is 5.13 Å². The number of thiazole rings is 1. The second-order valence-corrected chi connectivity index (χ2v) is 6.17. The van der Waals surface area contributed by atoms with Gasteiger partial charge in [0, 0.05) is 29.8 Å². The van der Waals surface area contributed by atoms with Crippen LogP contribution in [0.3, 0.4) is 0 Å². The van der Waals surface area contributed by atoms with Crippen LogP contribution in [-0.2, 0) is 11.2 Å². The second kappa shape index (κ2) is 7.15. The lowest BCUT2D eigenvalue weighted by Gasteiger charge is -2.03. The van der Waals surface area contributed by atoms with E-state index >= 15 is 0 Å². The Kier molecular flexibility index (Phi) is 4.78. The number of hydrogen-bond acceptors (Lipinski definition) is 4. The summed E-state index contributed by atoms with van der Waals surface area (Å²) < 4.78 is 0. The highest BCUT2D eigenvalue weighted by molar-refractivity contribution is 7.14. The fourth-order valence-electron chi connectivity index (χ4n) is 2.29. The van der Waals surface area contributed by atoms with Crippen LogP contribution in [0.4, 0.5) is 5.13 Å². The van der Waals surface area contributed by atoms with Gasteiger partial charge in [0.05, 0.1) is 5.69 Å². The first-order valence-electron chi connectivity index (χ1n) is 7.42. The highest BCUT2D eigenvalue weighted by Gasteiger charge is 2.08. The summed E-state index contributed by atoms with van der Waals surface area (Å²) in [5.41, 5.74) is 4.24. The monoisotopic (exact) mass is 323 g/mol. The molecule has 0 aliphatic heterocycles. The van der Waals surface area contributed by atoms with Crippen molar-refractivity contribution < 1.29 is 4.79 Å². The molecule has 116 valence electrons. The van der Waals surface area contributed by atoms with Gasteiger partial charge in [-0.15, -0.1) is 11.3 Å². The van der Waals surface area contributed by atoms with Crippen molar-refractivity contribution in [3.05, 3.63) is 65.3 Å². The summed E-state index contributed by atoms with van der Waals surface area (Å²) in [4.78, 5) is 20.5. The smallest absolute Gasteiger partial charge is 0.226 e. The Bertz CT molecular complexity index is 799. The Balaban J connectivity index is 1.57. The molecule has 2 heterocycles. The predicted octanol–water partition coefficient (Wildman–Crippen LogP) is 4.08. The highest BCUT2D eigenvalue weighted by atomic mass is 32.1. The maximum atomic E-state index is 12.1. The molecule has 0 aliphatic carbocycles. The number of aryl methyl sites for hydroxylation is 2. The van der Waals surface area contributed by atoms with Gasteiger partial charge in [-0.05, 0) is 31.0 Å². The summed E-state index contributed by atoms with van der Waals surface area (Å²) in [6.45, 7) is 2.06. The van der Waals surface area contributed by atoms with Gasteiger partial charge in [0.25, 0.3) is 0 Å². The lowest BCUT2D eigenvalue weighted by atomic mass is 10.1. The zero-order valence-corrected chi connectivity index (χ0v) is 13.6. The third-order valence-electron chi connectivity index (χ3n) is 3.45. The van der Waals surface area contributed by atoms with Crippen LogP contribution in [0, 0.1) is 6.92 Å². The van der Waals surface area contributed by atoms with Crippen LogP contribution in [0.15, 0.2) is 54.2 Å². The molecule has 0 saturated heterocycles. The summed E-state index contributed by atoms with van der Waals surface area (Å²) >= 11 is 1.43. The zero-order valence-electron chi connectivity index (χ0n) is 12.8. The molecule has 0 fully saturated rings. The standard InChI is InChI=1S/C18H17N3OS/c1-13-3-2-4-14(11-13)5-6-17(22)21-18-20-16(12-23-18)15-7-9-19-10-8-15/h2-4,7-12H,5-6H2,1H3,(H,20,21,22). The molecule has 0 aliphatic rings. The van der Waals surface area contributed by atoms with Crippen molar-refractivity contribution in [1.82, 2.24) is 9.97 Å². The number of pyridine rings is 1. The average Bonchev–Trinajstić information content (AvgIpc) is 3.02. The Morgan fingerprint density at radius 1 is 1.22 bits per heavy atom. The van der Waals surface area contributed by atoms with Gasteiger partial charge < -0.3 is 5.32 Å². The van der Waals surface area contributed by atoms with Crippen LogP contribution >= 0.6 is 11.3 Å². The number of carbonyl (C=O) groups is 1. The first-order chi connectivity index (χ1) is 11.2. The van der Waals surface area contributed by atoms with Crippen molar-refractivity contribution in [3.63, 3.8) is 0 Å². The van der Waals surface area contributed by atoms with Crippen LogP contribution in [0.5, 0.6) is 0 Å². The number of rotatable bonds is 5. The normalized spacial score (nSPS) is 10.5. The summed E-state index contributed by atoms with van der Waals surface area (Å²) in [5.74, 6) is -0.0119. The average molecular weight is 323 g/mol. The Morgan fingerprint density at radius 2 is 2.04 bits per heavy atom. The van der Waals surface area contributed by atoms with E-state index in [4.69, 9.17) is 0 Å². The van der Waals surface area contributed by atoms with Crippen molar-refractivity contribution in [1.29, 1.82) is 0 Å². The van der Waals surface area contributed by atoms with E-state index in [-0.39, 0.29) is 5.91 Å². The van der Waals surface area contributed by atoms with Crippen molar-refractivity contribution in [2.75, 3.05) is 5.32 Å². The molecule has 0 radical (unpaired) electrons. The predicted molar refractivity (Wildman–Crippen MR) is 93.5 cm³/mol. The van der Waals surface area contributed by atoms with Gasteiger partial charge in [0.2, 0.25) is 5.91 Å². The third-order valence-corrected chi connectivity index (χ3v) is 4.21. The molecule has 4 nitrogen and oxygen atoms in total. The van der Waals surface area contributed by atoms with Crippen molar-refractivity contribution in [2.24, 2.45) is 0 Å². The molecule has 3 aromatic rings. The molecular formula is C18H17N3OS. The molecule has 1 N–H and O–H groups in total. The number of benzene rings is 1. The van der Waals surface area contributed by atoms with Gasteiger partial charge in [-0.2, -0.15) is 0 Å². The molecule has 5 heteroatoms. The van der Waals surface area contributed by atoms with E-state index in [9.17, 15) is 4.79 Å². The first kappa shape index (κ1) is 15.4. The van der Waals surface area contributed by atoms with E-state index in [1.54, 1.807) is 12.4 Å². The fourth-order valence-corrected chi connectivity index (χ4v) is 3.03. The van der Waals surface area contributed by atoms with Crippen molar-refractivity contribution in [2.45, 2.75) is 19.8 Å². The molecule has 2 aromatic heterocycles. The summed E-state index contributed by atoms with van der Waals surface area (Å²) in [5, 5.41) is 5.44. The molecule has 1 aromatic carbocycles. The van der Waals surface area contributed by atoms with Crippen molar-refractivity contribution in [3.8, 4) is 11.3 Å². The number of amides is 1. The summed E-state index contributed by atoms with van der Waals surface area (Å²) in [7, 11) is 0. The van der Waals surface area contributed by atoms with E-state index in [2.05, 4.69) is 34.3 Å². The van der Waals surface area contributed by atoms with Crippen molar-refractivity contribution >= 4 is 22.4 Å². The third kappa shape index (κ3) is 4.23. The minimum atomic E-state index is -0.0119. The van der Waals surface area contributed by atoms with Crippen LogP contribution in [0.25, 0.3) is 11.3 Å². The SMILES string of the molecule is Cc1cccc(CCC(=O)Nc2nc(-c3ccncc3)cs2)c1. The number of anilines is 1. The van der Waals surface area contributed by atoms with Gasteiger partial charge in [-0.1, -0.05) is 29.8 Å². The minimum absolute atomic E-state index is 0.0119. The Labute approximate surface area is 139 Å². The lowest BCUT2D eigenvalue weighted by molar-refractivity contribution is -0.116. The number of nitrogens with zero attached hydrogens (tertiary/aromatic N) is 2. The van der Waals surface area contributed by atoms with Gasteiger partial charge >= 0.3 is 0 Å². The van der Waals surface area contributed by atoms with E-state index in [0.29, 0.717) is 11.6 Å². The van der Waals surface area contributed by atoms with Gasteiger partial charge in [-0.3, -0.25) is 9.78 Å². The van der Waals surface area contributed by atoms with Gasteiger partial charge in [-0.25, -0.2) is 4.98 Å². The Morgan fingerprint density at radius 3 is 2.83 bits per heavy atom.